The lowest BCUT2D eigenvalue weighted by Gasteiger charge is -2.29. The lowest BCUT2D eigenvalue weighted by molar-refractivity contribution is 0.660. The number of hydrogen-bond acceptors (Lipinski definition) is 2. The van der Waals surface area contributed by atoms with E-state index in [1.807, 2.05) is 11.3 Å². The smallest absolute Gasteiger partial charge is 0.126 e. The Morgan fingerprint density at radius 1 is 0.439 bits per heavy atom. The highest BCUT2D eigenvalue weighted by Crippen LogP contribution is 2.55. The van der Waals surface area contributed by atoms with Crippen molar-refractivity contribution in [3.8, 4) is 33.4 Å². The first-order chi connectivity index (χ1) is 27.8. The van der Waals surface area contributed by atoms with E-state index in [-0.39, 0.29) is 10.8 Å². The number of para-hydroxylation sites is 1. The molecule has 0 aliphatic heterocycles. The predicted molar refractivity (Wildman–Crippen MR) is 243 cm³/mol. The van der Waals surface area contributed by atoms with Gasteiger partial charge < -0.3 is 4.90 Å². The third kappa shape index (κ3) is 4.52. The van der Waals surface area contributed by atoms with Crippen molar-refractivity contribution >= 4 is 65.1 Å². The highest BCUT2D eigenvalue weighted by molar-refractivity contribution is 7.24. The molecular weight excluding hydrogens is 709 g/mol. The average Bonchev–Trinajstić information content (AvgIpc) is 3.91. The maximum Gasteiger partial charge on any atom is 0.126 e. The summed E-state index contributed by atoms with van der Waals surface area (Å²) < 4.78 is 3.78. The molecule has 0 saturated carbocycles. The van der Waals surface area contributed by atoms with Gasteiger partial charge in [0.15, 0.2) is 0 Å². The van der Waals surface area contributed by atoms with Crippen molar-refractivity contribution in [1.29, 1.82) is 0 Å². The molecule has 0 fully saturated rings. The number of anilines is 3. The van der Waals surface area contributed by atoms with Gasteiger partial charge in [-0.05, 0) is 121 Å². The summed E-state index contributed by atoms with van der Waals surface area (Å²) in [7, 11) is 0. The number of benzene rings is 8. The zero-order valence-electron chi connectivity index (χ0n) is 32.5. The molecule has 2 aromatic heterocycles. The Morgan fingerprint density at radius 2 is 0.982 bits per heavy atom. The fourth-order valence-electron chi connectivity index (χ4n) is 10.3. The highest BCUT2D eigenvalue weighted by Gasteiger charge is 2.38. The van der Waals surface area contributed by atoms with E-state index in [1.54, 1.807) is 0 Å². The van der Waals surface area contributed by atoms with Gasteiger partial charge in [-0.2, -0.15) is 0 Å². The number of nitrogens with zero attached hydrogens (tertiary/aromatic N) is 2. The normalized spacial score (nSPS) is 14.6. The van der Waals surface area contributed by atoms with Crippen molar-refractivity contribution in [3.05, 3.63) is 192 Å². The third-order valence-electron chi connectivity index (χ3n) is 13.2. The van der Waals surface area contributed by atoms with E-state index in [1.165, 1.54) is 109 Å². The molecule has 2 nitrogen and oxygen atoms in total. The van der Waals surface area contributed by atoms with E-state index in [9.17, 15) is 0 Å². The Morgan fingerprint density at radius 3 is 1.67 bits per heavy atom. The first kappa shape index (κ1) is 32.8. The Kier molecular flexibility index (Phi) is 6.65. The number of thiazole rings is 1. The summed E-state index contributed by atoms with van der Waals surface area (Å²) in [6.07, 6.45) is 0. The minimum atomic E-state index is -0.131. The molecule has 0 bridgehead atoms. The zero-order valence-corrected chi connectivity index (χ0v) is 33.3. The molecule has 0 amide bonds. The molecule has 2 heterocycles. The van der Waals surface area contributed by atoms with Gasteiger partial charge in [0.25, 0.3) is 0 Å². The molecule has 0 N–H and O–H groups in total. The maximum absolute atomic E-state index is 2.58. The van der Waals surface area contributed by atoms with Crippen LogP contribution in [0.1, 0.15) is 49.9 Å². The molecular formula is C54H40N2S. The molecule has 12 rings (SSSR count). The fraction of sp³-hybridized carbons (Fsp3) is 0.111. The average molecular weight is 749 g/mol. The molecule has 0 saturated heterocycles. The van der Waals surface area contributed by atoms with Crippen molar-refractivity contribution in [3.63, 3.8) is 0 Å². The Bertz CT molecular complexity index is 3210. The second-order valence-corrected chi connectivity index (χ2v) is 18.0. The summed E-state index contributed by atoms with van der Waals surface area (Å²) in [5, 5.41) is 3.75. The molecule has 2 aliphatic rings. The van der Waals surface area contributed by atoms with Crippen LogP contribution in [0.15, 0.2) is 170 Å². The molecule has 3 heteroatoms. The van der Waals surface area contributed by atoms with Crippen molar-refractivity contribution in [2.24, 2.45) is 0 Å². The van der Waals surface area contributed by atoms with Gasteiger partial charge in [0.05, 0.1) is 21.4 Å². The van der Waals surface area contributed by atoms with E-state index in [4.69, 9.17) is 0 Å². The summed E-state index contributed by atoms with van der Waals surface area (Å²) in [4.78, 5) is 3.82. The van der Waals surface area contributed by atoms with Gasteiger partial charge in [0.2, 0.25) is 0 Å². The van der Waals surface area contributed by atoms with Crippen LogP contribution in [-0.4, -0.2) is 4.40 Å². The van der Waals surface area contributed by atoms with Gasteiger partial charge in [0, 0.05) is 27.6 Å². The van der Waals surface area contributed by atoms with E-state index in [0.29, 0.717) is 0 Å². The SMILES string of the molecule is CC1(C)c2ccccc2-c2ccc(N(c3ccc4c(c3)C(C)(C)c3ccccc3-4)c3c4cc(-c5ccc6ccccc6c5)ccc4n4c3sc3ccccc34)cc21. The van der Waals surface area contributed by atoms with Crippen LogP contribution in [-0.2, 0) is 10.8 Å². The van der Waals surface area contributed by atoms with Gasteiger partial charge in [-0.1, -0.05) is 143 Å². The van der Waals surface area contributed by atoms with Crippen LogP contribution in [0.25, 0.3) is 70.1 Å². The summed E-state index contributed by atoms with van der Waals surface area (Å²) >= 11 is 1.89. The Labute approximate surface area is 336 Å². The monoisotopic (exact) mass is 748 g/mol. The van der Waals surface area contributed by atoms with Gasteiger partial charge in [0.1, 0.15) is 4.83 Å². The summed E-state index contributed by atoms with van der Waals surface area (Å²) in [5.74, 6) is 0. The van der Waals surface area contributed by atoms with Gasteiger partial charge >= 0.3 is 0 Å². The Balaban J connectivity index is 1.16. The summed E-state index contributed by atoms with van der Waals surface area (Å²) in [5.41, 5.74) is 19.1. The van der Waals surface area contributed by atoms with Gasteiger partial charge in [-0.15, -0.1) is 11.3 Å². The lowest BCUT2D eigenvalue weighted by Crippen LogP contribution is -2.18. The summed E-state index contributed by atoms with van der Waals surface area (Å²) in [6, 6.07) is 63.8. The zero-order chi connectivity index (χ0) is 38.2. The predicted octanol–water partition coefficient (Wildman–Crippen LogP) is 15.2. The first-order valence-corrected chi connectivity index (χ1v) is 20.8. The number of hydrogen-bond donors (Lipinski definition) is 0. The second-order valence-electron chi connectivity index (χ2n) is 17.0. The molecule has 10 aromatic rings. The number of aromatic nitrogens is 1. The fourth-order valence-corrected chi connectivity index (χ4v) is 11.5. The van der Waals surface area contributed by atoms with Crippen LogP contribution in [0.5, 0.6) is 0 Å². The first-order valence-electron chi connectivity index (χ1n) is 20.0. The van der Waals surface area contributed by atoms with Crippen molar-refractivity contribution < 1.29 is 0 Å². The molecule has 2 aliphatic carbocycles. The molecule has 57 heavy (non-hydrogen) atoms. The number of fused-ring (bicyclic) bond motifs is 12. The molecule has 0 spiro atoms. The van der Waals surface area contributed by atoms with Gasteiger partial charge in [-0.25, -0.2) is 0 Å². The molecule has 0 atom stereocenters. The Hall–Kier alpha value is -6.42. The van der Waals surface area contributed by atoms with Crippen LogP contribution >= 0.6 is 11.3 Å². The highest BCUT2D eigenvalue weighted by atomic mass is 32.1. The van der Waals surface area contributed by atoms with Crippen molar-refractivity contribution in [2.75, 3.05) is 4.90 Å². The van der Waals surface area contributed by atoms with E-state index >= 15 is 0 Å². The third-order valence-corrected chi connectivity index (χ3v) is 14.3. The second kappa shape index (κ2) is 11.6. The van der Waals surface area contributed by atoms with Crippen LogP contribution in [0.3, 0.4) is 0 Å². The minimum Gasteiger partial charge on any atom is -0.307 e. The molecule has 8 aromatic carbocycles. The molecule has 272 valence electrons. The maximum atomic E-state index is 2.58. The standard InChI is InChI=1S/C54H40N2S/c1-53(2)44-17-9-7-15-39(44)41-26-24-37(31-46(41)53)55(38-25-27-42-40-16-8-10-18-45(40)54(3,4)47(42)32-38)51-43-30-36(35-22-21-33-13-5-6-14-34(33)29-35)23-28-48(43)56-49-19-11-12-20-50(49)57-52(51)56/h5-32H,1-4H3. The van der Waals surface area contributed by atoms with Crippen LogP contribution in [0.4, 0.5) is 17.1 Å². The summed E-state index contributed by atoms with van der Waals surface area (Å²) in [6.45, 7) is 9.53. The minimum absolute atomic E-state index is 0.131. The quantitative estimate of drug-likeness (QED) is 0.174. The van der Waals surface area contributed by atoms with Gasteiger partial charge in [-0.3, -0.25) is 4.40 Å². The van der Waals surface area contributed by atoms with Crippen LogP contribution in [0.2, 0.25) is 0 Å². The molecule has 0 radical (unpaired) electrons. The largest absolute Gasteiger partial charge is 0.307 e. The van der Waals surface area contributed by atoms with Crippen LogP contribution in [0, 0.1) is 0 Å². The topological polar surface area (TPSA) is 7.65 Å². The van der Waals surface area contributed by atoms with E-state index in [0.717, 1.165) is 0 Å². The lowest BCUT2D eigenvalue weighted by atomic mass is 9.82. The van der Waals surface area contributed by atoms with Crippen LogP contribution < -0.4 is 4.90 Å². The van der Waals surface area contributed by atoms with Crippen molar-refractivity contribution in [1.82, 2.24) is 4.40 Å². The van der Waals surface area contributed by atoms with Crippen molar-refractivity contribution in [2.45, 2.75) is 38.5 Å². The number of rotatable bonds is 4. The van der Waals surface area contributed by atoms with E-state index in [2.05, 4.69) is 207 Å². The molecule has 0 unspecified atom stereocenters. The van der Waals surface area contributed by atoms with E-state index < -0.39 is 0 Å².